The van der Waals surface area contributed by atoms with Crippen molar-refractivity contribution >= 4 is 22.4 Å². The topological polar surface area (TPSA) is 74.6 Å². The molecule has 0 saturated carbocycles. The van der Waals surface area contributed by atoms with Gasteiger partial charge in [-0.1, -0.05) is 11.6 Å². The molecule has 0 amide bonds. The van der Waals surface area contributed by atoms with Crippen molar-refractivity contribution in [3.8, 4) is 0 Å². The number of alkyl halides is 3. The van der Waals surface area contributed by atoms with E-state index >= 15 is 0 Å². The van der Waals surface area contributed by atoms with Crippen molar-refractivity contribution in [3.63, 3.8) is 0 Å². The summed E-state index contributed by atoms with van der Waals surface area (Å²) in [5.74, 6) is 0. The zero-order valence-corrected chi connectivity index (χ0v) is 9.38. The van der Waals surface area contributed by atoms with E-state index in [1.165, 1.54) is 6.92 Å². The molecule has 0 radical (unpaired) electrons. The molecular weight excluding hydrogens is 260 g/mol. The molecule has 0 saturated heterocycles. The Bertz CT molecular complexity index is 524. The van der Waals surface area contributed by atoms with Gasteiger partial charge in [0.25, 0.3) is 9.84 Å². The zero-order chi connectivity index (χ0) is 13.4. The summed E-state index contributed by atoms with van der Waals surface area (Å²) in [5, 5.41) is 17.8. The molecule has 0 bridgehead atoms. The Morgan fingerprint density at radius 2 is 1.76 bits per heavy atom. The minimum Gasteiger partial charge on any atom is -0.423 e. The molecule has 1 aromatic carbocycles. The van der Waals surface area contributed by atoms with Gasteiger partial charge in [0.2, 0.25) is 0 Å². The van der Waals surface area contributed by atoms with E-state index in [1.807, 2.05) is 0 Å². The highest BCUT2D eigenvalue weighted by Gasteiger charge is 2.47. The van der Waals surface area contributed by atoms with Crippen LogP contribution in [-0.4, -0.2) is 31.1 Å². The van der Waals surface area contributed by atoms with Crippen molar-refractivity contribution in [1.82, 2.24) is 0 Å². The molecule has 0 unspecified atom stereocenters. The summed E-state index contributed by atoms with van der Waals surface area (Å²) in [4.78, 5) is -1.02. The highest BCUT2D eigenvalue weighted by molar-refractivity contribution is 7.92. The first-order valence-corrected chi connectivity index (χ1v) is 5.83. The van der Waals surface area contributed by atoms with Crippen molar-refractivity contribution in [1.29, 1.82) is 0 Å². The predicted octanol–water partition coefficient (Wildman–Crippen LogP) is -0.0317. The molecule has 0 aliphatic rings. The second-order valence-electron chi connectivity index (χ2n) is 3.34. The van der Waals surface area contributed by atoms with Crippen LogP contribution >= 0.6 is 0 Å². The van der Waals surface area contributed by atoms with Crippen molar-refractivity contribution in [2.45, 2.75) is 17.3 Å². The van der Waals surface area contributed by atoms with Crippen LogP contribution in [0.2, 0.25) is 0 Å². The van der Waals surface area contributed by atoms with Crippen LogP contribution in [0.15, 0.2) is 23.1 Å². The maximum absolute atomic E-state index is 12.2. The van der Waals surface area contributed by atoms with Gasteiger partial charge in [-0.2, -0.15) is 13.2 Å². The summed E-state index contributed by atoms with van der Waals surface area (Å²) in [7, 11) is -7.50. The largest absolute Gasteiger partial charge is 0.501 e. The standard InChI is InChI=1S/C8H8BF3O4S/c1-5-2-3-6(4-7(5)9(13)14)17(15,16)8(10,11)12/h2-4,13-14H,1H3. The van der Waals surface area contributed by atoms with E-state index in [2.05, 4.69) is 0 Å². The Morgan fingerprint density at radius 3 is 2.18 bits per heavy atom. The van der Waals surface area contributed by atoms with Gasteiger partial charge in [0.1, 0.15) is 0 Å². The number of aryl methyl sites for hydroxylation is 1. The van der Waals surface area contributed by atoms with Gasteiger partial charge in [0, 0.05) is 0 Å². The van der Waals surface area contributed by atoms with Gasteiger partial charge < -0.3 is 10.0 Å². The van der Waals surface area contributed by atoms with E-state index in [0.717, 1.165) is 12.1 Å². The third-order valence-corrected chi connectivity index (χ3v) is 3.63. The Hall–Kier alpha value is -1.06. The van der Waals surface area contributed by atoms with E-state index < -0.39 is 27.4 Å². The number of hydrogen-bond acceptors (Lipinski definition) is 4. The number of rotatable bonds is 2. The average Bonchev–Trinajstić information content (AvgIpc) is 2.15. The van der Waals surface area contributed by atoms with Gasteiger partial charge in [0.05, 0.1) is 4.90 Å². The maximum atomic E-state index is 12.2. The molecule has 17 heavy (non-hydrogen) atoms. The van der Waals surface area contributed by atoms with Crippen LogP contribution in [0.4, 0.5) is 13.2 Å². The molecule has 0 spiro atoms. The second-order valence-corrected chi connectivity index (χ2v) is 5.28. The molecule has 0 atom stereocenters. The minimum atomic E-state index is -5.47. The summed E-state index contributed by atoms with van der Waals surface area (Å²) in [6.45, 7) is 1.42. The van der Waals surface area contributed by atoms with Gasteiger partial charge in [-0.25, -0.2) is 8.42 Å². The Balaban J connectivity index is 3.41. The quantitative estimate of drug-likeness (QED) is 0.738. The third-order valence-electron chi connectivity index (χ3n) is 2.14. The van der Waals surface area contributed by atoms with Crippen LogP contribution in [0, 0.1) is 6.92 Å². The number of halogens is 3. The highest BCUT2D eigenvalue weighted by Crippen LogP contribution is 2.29. The van der Waals surface area contributed by atoms with Gasteiger partial charge in [-0.15, -0.1) is 0 Å². The van der Waals surface area contributed by atoms with E-state index in [4.69, 9.17) is 10.0 Å². The number of sulfone groups is 1. The van der Waals surface area contributed by atoms with Crippen LogP contribution in [-0.2, 0) is 9.84 Å². The number of benzene rings is 1. The maximum Gasteiger partial charge on any atom is 0.501 e. The van der Waals surface area contributed by atoms with E-state index in [9.17, 15) is 21.6 Å². The van der Waals surface area contributed by atoms with Crippen molar-refractivity contribution in [2.24, 2.45) is 0 Å². The lowest BCUT2D eigenvalue weighted by Crippen LogP contribution is -2.33. The molecule has 0 aliphatic carbocycles. The molecule has 1 aromatic rings. The van der Waals surface area contributed by atoms with E-state index in [1.54, 1.807) is 0 Å². The second kappa shape index (κ2) is 4.32. The first kappa shape index (κ1) is 14.0. The fourth-order valence-electron chi connectivity index (χ4n) is 1.20. The van der Waals surface area contributed by atoms with E-state index in [0.29, 0.717) is 6.07 Å². The predicted molar refractivity (Wildman–Crippen MR) is 54.2 cm³/mol. The van der Waals surface area contributed by atoms with Gasteiger partial charge >= 0.3 is 12.6 Å². The lowest BCUT2D eigenvalue weighted by atomic mass is 9.77. The first-order chi connectivity index (χ1) is 7.57. The third kappa shape index (κ3) is 2.62. The fraction of sp³-hybridized carbons (Fsp3) is 0.250. The highest BCUT2D eigenvalue weighted by atomic mass is 32.2. The summed E-state index contributed by atoms with van der Waals surface area (Å²) in [6, 6.07) is 2.44. The normalized spacial score (nSPS) is 12.6. The SMILES string of the molecule is Cc1ccc(S(=O)(=O)C(F)(F)F)cc1B(O)O. The fourth-order valence-corrected chi connectivity index (χ4v) is 1.99. The van der Waals surface area contributed by atoms with Gasteiger partial charge in [-0.3, -0.25) is 0 Å². The van der Waals surface area contributed by atoms with Crippen LogP contribution in [0.25, 0.3) is 0 Å². The zero-order valence-electron chi connectivity index (χ0n) is 8.56. The van der Waals surface area contributed by atoms with E-state index in [-0.39, 0.29) is 11.0 Å². The van der Waals surface area contributed by atoms with Crippen molar-refractivity contribution in [3.05, 3.63) is 23.8 Å². The molecule has 9 heteroatoms. The van der Waals surface area contributed by atoms with Gasteiger partial charge in [-0.05, 0) is 24.5 Å². The van der Waals surface area contributed by atoms with Crippen LogP contribution in [0.5, 0.6) is 0 Å². The van der Waals surface area contributed by atoms with Crippen LogP contribution in [0.3, 0.4) is 0 Å². The molecule has 2 N–H and O–H groups in total. The molecule has 0 fully saturated rings. The monoisotopic (exact) mass is 268 g/mol. The number of hydrogen-bond donors (Lipinski definition) is 2. The first-order valence-electron chi connectivity index (χ1n) is 4.35. The molecule has 0 heterocycles. The average molecular weight is 268 g/mol. The van der Waals surface area contributed by atoms with Gasteiger partial charge in [0.15, 0.2) is 0 Å². The molecular formula is C8H8BF3O4S. The molecule has 1 rings (SSSR count). The Morgan fingerprint density at radius 1 is 1.24 bits per heavy atom. The molecule has 0 aliphatic heterocycles. The lowest BCUT2D eigenvalue weighted by molar-refractivity contribution is -0.0436. The summed E-state index contributed by atoms with van der Waals surface area (Å²) in [6.07, 6.45) is 0. The molecule has 0 aromatic heterocycles. The summed E-state index contributed by atoms with van der Waals surface area (Å²) < 4.78 is 58.8. The summed E-state index contributed by atoms with van der Waals surface area (Å²) in [5.41, 5.74) is -5.42. The molecule has 94 valence electrons. The lowest BCUT2D eigenvalue weighted by Gasteiger charge is -2.11. The van der Waals surface area contributed by atoms with Crippen LogP contribution < -0.4 is 5.46 Å². The smallest absolute Gasteiger partial charge is 0.423 e. The Labute approximate surface area is 95.8 Å². The van der Waals surface area contributed by atoms with Crippen LogP contribution in [0.1, 0.15) is 5.56 Å². The van der Waals surface area contributed by atoms with Crippen molar-refractivity contribution in [2.75, 3.05) is 0 Å². The summed E-state index contributed by atoms with van der Waals surface area (Å²) >= 11 is 0. The van der Waals surface area contributed by atoms with Crippen molar-refractivity contribution < 1.29 is 31.6 Å². The Kier molecular flexibility index (Phi) is 3.56. The molecule has 4 nitrogen and oxygen atoms in total. The minimum absolute atomic E-state index is 0.279.